The van der Waals surface area contributed by atoms with Crippen LogP contribution in [-0.2, 0) is 13.0 Å². The van der Waals surface area contributed by atoms with Crippen molar-refractivity contribution >= 4 is 0 Å². The summed E-state index contributed by atoms with van der Waals surface area (Å²) in [4.78, 5) is 4.08. The third-order valence-electron chi connectivity index (χ3n) is 1.92. The molecule has 74 valence electrons. The summed E-state index contributed by atoms with van der Waals surface area (Å²) in [5.74, 6) is 0.821. The number of hydrogen-bond donors (Lipinski definition) is 2. The minimum atomic E-state index is -0.611. The predicted octanol–water partition coefficient (Wildman–Crippen LogP) is -0.450. The summed E-state index contributed by atoms with van der Waals surface area (Å²) in [7, 11) is 0. The predicted molar refractivity (Wildman–Crippen MR) is 49.1 cm³/mol. The summed E-state index contributed by atoms with van der Waals surface area (Å²) >= 11 is 0. The molecule has 5 nitrogen and oxygen atoms in total. The van der Waals surface area contributed by atoms with Crippen molar-refractivity contribution in [3.8, 4) is 0 Å². The molecule has 0 saturated carbocycles. The summed E-state index contributed by atoms with van der Waals surface area (Å²) in [6.45, 7) is 4.51. The molecule has 1 atom stereocenters. The molecule has 0 aliphatic rings. The normalized spacial score (nSPS) is 15.7. The monoisotopic (exact) mass is 184 g/mol. The van der Waals surface area contributed by atoms with E-state index >= 15 is 0 Å². The van der Waals surface area contributed by atoms with E-state index in [2.05, 4.69) is 10.1 Å². The van der Waals surface area contributed by atoms with E-state index in [9.17, 15) is 0 Å². The number of aliphatic hydroxyl groups is 1. The van der Waals surface area contributed by atoms with E-state index in [4.69, 9.17) is 10.8 Å². The lowest BCUT2D eigenvalue weighted by molar-refractivity contribution is 0.205. The molecule has 1 heterocycles. The minimum absolute atomic E-state index is 0.0520. The van der Waals surface area contributed by atoms with E-state index < -0.39 is 5.54 Å². The van der Waals surface area contributed by atoms with Crippen LogP contribution in [0.3, 0.4) is 0 Å². The van der Waals surface area contributed by atoms with Gasteiger partial charge < -0.3 is 10.8 Å². The van der Waals surface area contributed by atoms with Gasteiger partial charge in [0.1, 0.15) is 12.2 Å². The van der Waals surface area contributed by atoms with Gasteiger partial charge in [0.15, 0.2) is 0 Å². The highest BCUT2D eigenvalue weighted by atomic mass is 16.3. The maximum atomic E-state index is 8.97. The summed E-state index contributed by atoms with van der Waals surface area (Å²) in [6.07, 6.45) is 2.05. The number of aryl methyl sites for hydroxylation is 1. The first-order chi connectivity index (χ1) is 6.09. The maximum Gasteiger partial charge on any atom is 0.138 e. The number of aromatic nitrogens is 3. The molecule has 0 saturated heterocycles. The molecule has 5 heteroatoms. The van der Waals surface area contributed by atoms with E-state index in [1.165, 1.54) is 6.33 Å². The van der Waals surface area contributed by atoms with E-state index in [0.717, 1.165) is 12.4 Å². The van der Waals surface area contributed by atoms with Crippen LogP contribution in [0.25, 0.3) is 0 Å². The van der Waals surface area contributed by atoms with Gasteiger partial charge in [0.2, 0.25) is 0 Å². The Balaban J connectivity index is 2.73. The molecule has 1 aromatic heterocycles. The zero-order valence-electron chi connectivity index (χ0n) is 8.06. The lowest BCUT2D eigenvalue weighted by Crippen LogP contribution is -2.43. The van der Waals surface area contributed by atoms with E-state index in [-0.39, 0.29) is 6.61 Å². The first kappa shape index (κ1) is 10.1. The van der Waals surface area contributed by atoms with Gasteiger partial charge >= 0.3 is 0 Å². The number of aliphatic hydroxyl groups excluding tert-OH is 1. The first-order valence-electron chi connectivity index (χ1n) is 4.35. The Bertz CT molecular complexity index is 269. The van der Waals surface area contributed by atoms with Crippen molar-refractivity contribution in [3.63, 3.8) is 0 Å². The second-order valence-electron chi connectivity index (χ2n) is 3.48. The van der Waals surface area contributed by atoms with Crippen LogP contribution in [0.15, 0.2) is 6.33 Å². The quantitative estimate of drug-likeness (QED) is 0.664. The van der Waals surface area contributed by atoms with Crippen molar-refractivity contribution < 1.29 is 5.11 Å². The Morgan fingerprint density at radius 1 is 1.69 bits per heavy atom. The fourth-order valence-electron chi connectivity index (χ4n) is 1.11. The highest BCUT2D eigenvalue weighted by molar-refractivity contribution is 4.94. The summed E-state index contributed by atoms with van der Waals surface area (Å²) in [6, 6.07) is 0. The van der Waals surface area contributed by atoms with Gasteiger partial charge in [-0.1, -0.05) is 0 Å². The van der Waals surface area contributed by atoms with Gasteiger partial charge in [0.25, 0.3) is 0 Å². The van der Waals surface area contributed by atoms with E-state index in [1.807, 2.05) is 6.92 Å². The molecule has 1 aromatic rings. The molecule has 3 N–H and O–H groups in total. The van der Waals surface area contributed by atoms with E-state index in [1.54, 1.807) is 11.6 Å². The molecular weight excluding hydrogens is 168 g/mol. The molecule has 0 aliphatic heterocycles. The van der Waals surface area contributed by atoms with Gasteiger partial charge in [0, 0.05) is 18.5 Å². The third-order valence-corrected chi connectivity index (χ3v) is 1.92. The van der Waals surface area contributed by atoms with Gasteiger partial charge in [-0.15, -0.1) is 0 Å². The van der Waals surface area contributed by atoms with Crippen LogP contribution in [0.4, 0.5) is 0 Å². The second-order valence-corrected chi connectivity index (χ2v) is 3.48. The van der Waals surface area contributed by atoms with Crippen molar-refractivity contribution in [2.45, 2.75) is 32.4 Å². The highest BCUT2D eigenvalue weighted by Gasteiger charge is 2.20. The average molecular weight is 184 g/mol. The zero-order chi connectivity index (χ0) is 9.90. The maximum absolute atomic E-state index is 8.97. The lowest BCUT2D eigenvalue weighted by Gasteiger charge is -2.20. The molecule has 0 aliphatic carbocycles. The van der Waals surface area contributed by atoms with Crippen LogP contribution in [0.5, 0.6) is 0 Å². The largest absolute Gasteiger partial charge is 0.394 e. The smallest absolute Gasteiger partial charge is 0.138 e. The van der Waals surface area contributed by atoms with Crippen LogP contribution >= 0.6 is 0 Å². The van der Waals surface area contributed by atoms with Crippen molar-refractivity contribution in [3.05, 3.63) is 12.2 Å². The average Bonchev–Trinajstić information content (AvgIpc) is 2.51. The Morgan fingerprint density at radius 3 is 2.92 bits per heavy atom. The Labute approximate surface area is 77.6 Å². The van der Waals surface area contributed by atoms with Gasteiger partial charge in [-0.25, -0.2) is 4.98 Å². The number of rotatable bonds is 4. The molecule has 0 amide bonds. The van der Waals surface area contributed by atoms with Crippen molar-refractivity contribution in [2.75, 3.05) is 6.61 Å². The first-order valence-corrected chi connectivity index (χ1v) is 4.35. The van der Waals surface area contributed by atoms with Crippen LogP contribution in [0.2, 0.25) is 0 Å². The topological polar surface area (TPSA) is 77.0 Å². The fourth-order valence-corrected chi connectivity index (χ4v) is 1.11. The van der Waals surface area contributed by atoms with Crippen LogP contribution in [-0.4, -0.2) is 32.0 Å². The number of nitrogens with two attached hydrogens (primary N) is 1. The molecule has 0 radical (unpaired) electrons. The Kier molecular flexibility index (Phi) is 3.00. The number of hydrogen-bond acceptors (Lipinski definition) is 4. The Hall–Kier alpha value is -0.940. The van der Waals surface area contributed by atoms with Gasteiger partial charge in [-0.05, 0) is 13.8 Å². The molecule has 0 aromatic carbocycles. The fraction of sp³-hybridized carbons (Fsp3) is 0.750. The summed E-state index contributed by atoms with van der Waals surface area (Å²) in [5.41, 5.74) is 5.19. The molecule has 0 bridgehead atoms. The number of nitrogens with zero attached hydrogens (tertiary/aromatic N) is 3. The third kappa shape index (κ3) is 2.50. The molecular formula is C8H16N4O. The van der Waals surface area contributed by atoms with Crippen molar-refractivity contribution in [2.24, 2.45) is 5.73 Å². The van der Waals surface area contributed by atoms with E-state index in [0.29, 0.717) is 6.42 Å². The molecule has 1 rings (SSSR count). The SMILES string of the molecule is CCn1ncnc1CC(C)(N)CO. The highest BCUT2D eigenvalue weighted by Crippen LogP contribution is 2.06. The van der Waals surface area contributed by atoms with Crippen LogP contribution < -0.4 is 5.73 Å². The minimum Gasteiger partial charge on any atom is -0.394 e. The Morgan fingerprint density at radius 2 is 2.38 bits per heavy atom. The van der Waals surface area contributed by atoms with Crippen molar-refractivity contribution in [1.29, 1.82) is 0 Å². The van der Waals surface area contributed by atoms with Gasteiger partial charge in [-0.3, -0.25) is 4.68 Å². The summed E-state index contributed by atoms with van der Waals surface area (Å²) in [5, 5.41) is 13.0. The molecule has 0 fully saturated rings. The van der Waals surface area contributed by atoms with Crippen molar-refractivity contribution in [1.82, 2.24) is 14.8 Å². The second kappa shape index (κ2) is 3.85. The molecule has 13 heavy (non-hydrogen) atoms. The van der Waals surface area contributed by atoms with Gasteiger partial charge in [-0.2, -0.15) is 5.10 Å². The zero-order valence-corrected chi connectivity index (χ0v) is 8.06. The van der Waals surface area contributed by atoms with Crippen LogP contribution in [0, 0.1) is 0 Å². The standard InChI is InChI=1S/C8H16N4O/c1-3-12-7(10-6-11-12)4-8(2,9)5-13/h6,13H,3-5,9H2,1-2H3. The molecule has 0 spiro atoms. The molecule has 1 unspecified atom stereocenters. The van der Waals surface area contributed by atoms with Gasteiger partial charge in [0.05, 0.1) is 6.61 Å². The lowest BCUT2D eigenvalue weighted by atomic mass is 10.0. The van der Waals surface area contributed by atoms with Crippen LogP contribution in [0.1, 0.15) is 19.7 Å². The summed E-state index contributed by atoms with van der Waals surface area (Å²) < 4.78 is 1.78.